The third-order valence-electron chi connectivity index (χ3n) is 4.33. The minimum absolute atomic E-state index is 0.113. The van der Waals surface area contributed by atoms with Crippen LogP contribution in [0.25, 0.3) is 5.57 Å². The maximum Gasteiger partial charge on any atom is 0.416 e. The number of hydrogen-bond donors (Lipinski definition) is 0. The SMILES string of the molecule is C=C(CN(C)Cc1ccc(C(C)(C)C)cc1)c1cccc(C(F)(F)F)c1. The highest BCUT2D eigenvalue weighted by Gasteiger charge is 2.30. The van der Waals surface area contributed by atoms with E-state index in [1.165, 1.54) is 11.6 Å². The Labute approximate surface area is 154 Å². The average molecular weight is 361 g/mol. The molecule has 0 saturated carbocycles. The molecule has 0 aromatic heterocycles. The first-order chi connectivity index (χ1) is 12.0. The van der Waals surface area contributed by atoms with E-state index in [1.807, 2.05) is 7.05 Å². The highest BCUT2D eigenvalue weighted by atomic mass is 19.4. The maximum absolute atomic E-state index is 12.9. The fraction of sp³-hybridized carbons (Fsp3) is 0.364. The lowest BCUT2D eigenvalue weighted by Gasteiger charge is -2.21. The molecule has 1 nitrogen and oxygen atoms in total. The number of nitrogens with zero attached hydrogens (tertiary/aromatic N) is 1. The van der Waals surface area contributed by atoms with E-state index in [9.17, 15) is 13.2 Å². The third-order valence-corrected chi connectivity index (χ3v) is 4.33. The second kappa shape index (κ2) is 7.67. The van der Waals surface area contributed by atoms with Crippen molar-refractivity contribution in [3.05, 3.63) is 77.4 Å². The molecule has 140 valence electrons. The zero-order valence-corrected chi connectivity index (χ0v) is 15.8. The van der Waals surface area contributed by atoms with Gasteiger partial charge in [0.15, 0.2) is 0 Å². The normalized spacial score (nSPS) is 12.5. The first-order valence-corrected chi connectivity index (χ1v) is 8.60. The summed E-state index contributed by atoms with van der Waals surface area (Å²) in [6.45, 7) is 11.7. The lowest BCUT2D eigenvalue weighted by molar-refractivity contribution is -0.137. The zero-order chi connectivity index (χ0) is 19.5. The first kappa shape index (κ1) is 20.2. The van der Waals surface area contributed by atoms with Crippen LogP contribution in [0.15, 0.2) is 55.1 Å². The Morgan fingerprint density at radius 2 is 1.58 bits per heavy atom. The summed E-state index contributed by atoms with van der Waals surface area (Å²) in [6.07, 6.45) is -4.34. The van der Waals surface area contributed by atoms with Crippen molar-refractivity contribution >= 4 is 5.57 Å². The Kier molecular flexibility index (Phi) is 5.97. The lowest BCUT2D eigenvalue weighted by atomic mass is 9.87. The van der Waals surface area contributed by atoms with Crippen LogP contribution in [-0.4, -0.2) is 18.5 Å². The Hall–Kier alpha value is -2.07. The third kappa shape index (κ3) is 5.46. The lowest BCUT2D eigenvalue weighted by Crippen LogP contribution is -2.20. The van der Waals surface area contributed by atoms with Crippen molar-refractivity contribution in [2.24, 2.45) is 0 Å². The molecule has 0 aliphatic heterocycles. The molecular formula is C22H26F3N. The van der Waals surface area contributed by atoms with Gasteiger partial charge in [0.2, 0.25) is 0 Å². The number of halogens is 3. The van der Waals surface area contributed by atoms with E-state index in [1.54, 1.807) is 6.07 Å². The second-order valence-electron chi connectivity index (χ2n) is 7.80. The van der Waals surface area contributed by atoms with Crippen molar-refractivity contribution in [2.75, 3.05) is 13.6 Å². The van der Waals surface area contributed by atoms with Crippen LogP contribution in [0.1, 0.15) is 43.0 Å². The predicted octanol–water partition coefficient (Wildman–Crippen LogP) is 6.15. The Bertz CT molecular complexity index is 752. The Balaban J connectivity index is 2.01. The number of hydrogen-bond acceptors (Lipinski definition) is 1. The molecule has 0 aliphatic carbocycles. The van der Waals surface area contributed by atoms with Crippen LogP contribution in [0.2, 0.25) is 0 Å². The summed E-state index contributed by atoms with van der Waals surface area (Å²) in [6, 6.07) is 13.8. The minimum Gasteiger partial charge on any atom is -0.298 e. The zero-order valence-electron chi connectivity index (χ0n) is 15.8. The number of benzene rings is 2. The summed E-state index contributed by atoms with van der Waals surface area (Å²) in [5.41, 5.74) is 3.10. The molecule has 2 aromatic carbocycles. The number of likely N-dealkylation sites (N-methyl/N-ethyl adjacent to an activating group) is 1. The predicted molar refractivity (Wildman–Crippen MR) is 102 cm³/mol. The summed E-state index contributed by atoms with van der Waals surface area (Å²) in [5, 5.41) is 0. The van der Waals surface area contributed by atoms with Crippen LogP contribution >= 0.6 is 0 Å². The van der Waals surface area contributed by atoms with E-state index in [2.05, 4.69) is 56.5 Å². The minimum atomic E-state index is -4.34. The molecule has 2 rings (SSSR count). The summed E-state index contributed by atoms with van der Waals surface area (Å²) < 4.78 is 38.6. The van der Waals surface area contributed by atoms with E-state index in [4.69, 9.17) is 0 Å². The molecule has 0 fully saturated rings. The molecule has 0 spiro atoms. The highest BCUT2D eigenvalue weighted by Crippen LogP contribution is 2.31. The molecule has 0 bridgehead atoms. The molecule has 0 amide bonds. The van der Waals surface area contributed by atoms with Gasteiger partial charge in [0.05, 0.1) is 5.56 Å². The van der Waals surface area contributed by atoms with Gasteiger partial charge in [-0.15, -0.1) is 0 Å². The second-order valence-corrected chi connectivity index (χ2v) is 7.80. The van der Waals surface area contributed by atoms with Gasteiger partial charge in [-0.2, -0.15) is 13.2 Å². The molecular weight excluding hydrogens is 335 g/mol. The van der Waals surface area contributed by atoms with Gasteiger partial charge in [0.1, 0.15) is 0 Å². The monoisotopic (exact) mass is 361 g/mol. The fourth-order valence-corrected chi connectivity index (χ4v) is 2.81. The van der Waals surface area contributed by atoms with Crippen molar-refractivity contribution in [1.82, 2.24) is 4.90 Å². The van der Waals surface area contributed by atoms with Gasteiger partial charge in [0, 0.05) is 13.1 Å². The van der Waals surface area contributed by atoms with Crippen LogP contribution in [0.3, 0.4) is 0 Å². The summed E-state index contributed by atoms with van der Waals surface area (Å²) >= 11 is 0. The van der Waals surface area contributed by atoms with Gasteiger partial charge in [-0.3, -0.25) is 4.90 Å². The Morgan fingerprint density at radius 3 is 2.12 bits per heavy atom. The topological polar surface area (TPSA) is 3.24 Å². The number of alkyl halides is 3. The van der Waals surface area contributed by atoms with E-state index < -0.39 is 11.7 Å². The summed E-state index contributed by atoms with van der Waals surface area (Å²) in [5.74, 6) is 0. The summed E-state index contributed by atoms with van der Waals surface area (Å²) in [7, 11) is 1.94. The van der Waals surface area contributed by atoms with Crippen molar-refractivity contribution in [3.63, 3.8) is 0 Å². The van der Waals surface area contributed by atoms with Crippen LogP contribution in [-0.2, 0) is 18.1 Å². The molecule has 0 atom stereocenters. The molecule has 0 heterocycles. The quantitative estimate of drug-likeness (QED) is 0.617. The molecule has 0 unspecified atom stereocenters. The van der Waals surface area contributed by atoms with Crippen LogP contribution in [0, 0.1) is 0 Å². The molecule has 0 N–H and O–H groups in total. The van der Waals surface area contributed by atoms with E-state index in [-0.39, 0.29) is 5.41 Å². The molecule has 0 aliphatic rings. The van der Waals surface area contributed by atoms with Crippen molar-refractivity contribution < 1.29 is 13.2 Å². The van der Waals surface area contributed by atoms with Gasteiger partial charge >= 0.3 is 6.18 Å². The molecule has 0 radical (unpaired) electrons. The van der Waals surface area contributed by atoms with E-state index in [0.717, 1.165) is 17.7 Å². The molecule has 2 aromatic rings. The van der Waals surface area contributed by atoms with Crippen molar-refractivity contribution in [3.8, 4) is 0 Å². The van der Waals surface area contributed by atoms with Crippen molar-refractivity contribution in [1.29, 1.82) is 0 Å². The summed E-state index contributed by atoms with van der Waals surface area (Å²) in [4.78, 5) is 2.05. The van der Waals surface area contributed by atoms with Crippen LogP contribution in [0.4, 0.5) is 13.2 Å². The average Bonchev–Trinajstić information content (AvgIpc) is 2.53. The highest BCUT2D eigenvalue weighted by molar-refractivity contribution is 5.65. The van der Waals surface area contributed by atoms with Gasteiger partial charge in [0.25, 0.3) is 0 Å². The largest absolute Gasteiger partial charge is 0.416 e. The van der Waals surface area contributed by atoms with Crippen molar-refractivity contribution in [2.45, 2.75) is 38.9 Å². The molecule has 26 heavy (non-hydrogen) atoms. The Morgan fingerprint density at radius 1 is 0.962 bits per heavy atom. The van der Waals surface area contributed by atoms with Gasteiger partial charge in [-0.1, -0.05) is 63.7 Å². The number of rotatable bonds is 5. The fourth-order valence-electron chi connectivity index (χ4n) is 2.81. The molecule has 0 saturated heterocycles. The molecule has 4 heteroatoms. The first-order valence-electron chi connectivity index (χ1n) is 8.60. The standard InChI is InChI=1S/C22H26F3N/c1-16(18-7-6-8-20(13-18)22(23,24)25)14-26(5)15-17-9-11-19(12-10-17)21(2,3)4/h6-13H,1,14-15H2,2-5H3. The van der Waals surface area contributed by atoms with Gasteiger partial charge in [-0.05, 0) is 46.9 Å². The van der Waals surface area contributed by atoms with Crippen LogP contribution in [0.5, 0.6) is 0 Å². The van der Waals surface area contributed by atoms with Crippen LogP contribution < -0.4 is 0 Å². The van der Waals surface area contributed by atoms with E-state index in [0.29, 0.717) is 24.2 Å². The smallest absolute Gasteiger partial charge is 0.298 e. The van der Waals surface area contributed by atoms with Gasteiger partial charge < -0.3 is 0 Å². The maximum atomic E-state index is 12.9. The van der Waals surface area contributed by atoms with Gasteiger partial charge in [-0.25, -0.2) is 0 Å². The van der Waals surface area contributed by atoms with E-state index >= 15 is 0 Å².